The molecule has 2 aromatic heterocycles. The summed E-state index contributed by atoms with van der Waals surface area (Å²) in [7, 11) is 0. The maximum absolute atomic E-state index is 11.6. The number of rotatable bonds is 3. The van der Waals surface area contributed by atoms with Crippen LogP contribution in [0.3, 0.4) is 0 Å². The predicted octanol–water partition coefficient (Wildman–Crippen LogP) is -0.112. The lowest BCUT2D eigenvalue weighted by Crippen LogP contribution is -2.33. The Morgan fingerprint density at radius 1 is 1.47 bits per heavy atom. The number of aromatic carboxylic acids is 1. The third-order valence-electron chi connectivity index (χ3n) is 2.75. The van der Waals surface area contributed by atoms with Crippen molar-refractivity contribution in [3.8, 4) is 0 Å². The maximum atomic E-state index is 11.6. The number of nitrogens with one attached hydrogen (secondary N) is 1. The van der Waals surface area contributed by atoms with E-state index in [9.17, 15) is 14.4 Å². The van der Waals surface area contributed by atoms with Gasteiger partial charge in [-0.1, -0.05) is 5.16 Å². The van der Waals surface area contributed by atoms with Crippen LogP contribution < -0.4 is 11.2 Å². The normalized spacial score (nSPS) is 10.6. The highest BCUT2D eigenvalue weighted by Gasteiger charge is 2.14. The third-order valence-corrected chi connectivity index (χ3v) is 2.75. The van der Waals surface area contributed by atoms with Crippen molar-refractivity contribution in [3.05, 3.63) is 49.6 Å². The summed E-state index contributed by atoms with van der Waals surface area (Å²) < 4.78 is 6.05. The lowest BCUT2D eigenvalue weighted by Gasteiger charge is -2.05. The number of aromatic nitrogens is 3. The van der Waals surface area contributed by atoms with Crippen molar-refractivity contribution in [3.63, 3.8) is 0 Å². The molecular formula is C11H11N3O5. The Bertz CT molecular complexity index is 733. The Hall–Kier alpha value is -2.64. The van der Waals surface area contributed by atoms with Gasteiger partial charge in [-0.3, -0.25) is 14.3 Å². The molecule has 0 aliphatic heterocycles. The summed E-state index contributed by atoms with van der Waals surface area (Å²) in [6.45, 7) is 3.47. The molecule has 0 unspecified atom stereocenters. The first kappa shape index (κ1) is 12.8. The zero-order valence-electron chi connectivity index (χ0n) is 10.3. The van der Waals surface area contributed by atoms with Gasteiger partial charge in [0.2, 0.25) is 0 Å². The van der Waals surface area contributed by atoms with Crippen molar-refractivity contribution in [1.29, 1.82) is 0 Å². The van der Waals surface area contributed by atoms with Crippen LogP contribution >= 0.6 is 0 Å². The van der Waals surface area contributed by atoms with Crippen LogP contribution in [0.25, 0.3) is 0 Å². The van der Waals surface area contributed by atoms with Crippen molar-refractivity contribution in [2.75, 3.05) is 0 Å². The fourth-order valence-electron chi connectivity index (χ4n) is 1.68. The van der Waals surface area contributed by atoms with E-state index in [-0.39, 0.29) is 6.54 Å². The number of aromatic amines is 1. The van der Waals surface area contributed by atoms with Gasteiger partial charge in [-0.15, -0.1) is 0 Å². The first-order valence-electron chi connectivity index (χ1n) is 5.39. The van der Waals surface area contributed by atoms with E-state index in [1.165, 1.54) is 0 Å². The van der Waals surface area contributed by atoms with Crippen LogP contribution in [0.4, 0.5) is 0 Å². The fourth-order valence-corrected chi connectivity index (χ4v) is 1.68. The molecule has 19 heavy (non-hydrogen) atoms. The van der Waals surface area contributed by atoms with Crippen molar-refractivity contribution >= 4 is 5.97 Å². The monoisotopic (exact) mass is 265 g/mol. The Balaban J connectivity index is 2.52. The van der Waals surface area contributed by atoms with Crippen LogP contribution in [0.15, 0.2) is 20.3 Å². The van der Waals surface area contributed by atoms with Gasteiger partial charge in [0, 0.05) is 11.8 Å². The van der Waals surface area contributed by atoms with Gasteiger partial charge >= 0.3 is 11.7 Å². The summed E-state index contributed by atoms with van der Waals surface area (Å²) in [6.07, 6.45) is 1.01. The number of hydrogen-bond donors (Lipinski definition) is 2. The minimum Gasteiger partial charge on any atom is -0.477 e. The van der Waals surface area contributed by atoms with Gasteiger partial charge in [-0.05, 0) is 13.8 Å². The number of H-pyrrole nitrogens is 1. The molecule has 0 fully saturated rings. The Kier molecular flexibility index (Phi) is 3.07. The van der Waals surface area contributed by atoms with E-state index in [4.69, 9.17) is 9.63 Å². The van der Waals surface area contributed by atoms with Crippen LogP contribution in [0.1, 0.15) is 27.4 Å². The predicted molar refractivity (Wildman–Crippen MR) is 63.4 cm³/mol. The molecule has 0 atom stereocenters. The average molecular weight is 265 g/mol. The molecule has 2 aromatic rings. The van der Waals surface area contributed by atoms with Gasteiger partial charge < -0.3 is 9.63 Å². The topological polar surface area (TPSA) is 118 Å². The van der Waals surface area contributed by atoms with Crippen molar-refractivity contribution in [2.45, 2.75) is 20.4 Å². The molecule has 8 nitrogen and oxygen atoms in total. The maximum Gasteiger partial charge on any atom is 0.342 e. The number of hydrogen-bond acceptors (Lipinski definition) is 5. The molecule has 0 radical (unpaired) electrons. The Morgan fingerprint density at radius 3 is 2.68 bits per heavy atom. The summed E-state index contributed by atoms with van der Waals surface area (Å²) in [4.78, 5) is 35.7. The van der Waals surface area contributed by atoms with Crippen LogP contribution in [-0.2, 0) is 6.54 Å². The molecule has 2 rings (SSSR count). The molecule has 2 N–H and O–H groups in total. The first-order valence-corrected chi connectivity index (χ1v) is 5.39. The lowest BCUT2D eigenvalue weighted by molar-refractivity contribution is 0.0693. The van der Waals surface area contributed by atoms with Crippen molar-refractivity contribution in [1.82, 2.24) is 14.7 Å². The van der Waals surface area contributed by atoms with E-state index in [0.29, 0.717) is 17.0 Å². The van der Waals surface area contributed by atoms with E-state index < -0.39 is 22.8 Å². The van der Waals surface area contributed by atoms with E-state index >= 15 is 0 Å². The molecule has 0 aliphatic carbocycles. The van der Waals surface area contributed by atoms with Gasteiger partial charge in [0.1, 0.15) is 11.3 Å². The molecular weight excluding hydrogens is 254 g/mol. The van der Waals surface area contributed by atoms with Gasteiger partial charge in [0.25, 0.3) is 5.56 Å². The molecule has 8 heteroatoms. The van der Waals surface area contributed by atoms with Crippen LogP contribution in [0.2, 0.25) is 0 Å². The Labute approximate surface area is 106 Å². The van der Waals surface area contributed by atoms with Crippen LogP contribution in [-0.4, -0.2) is 25.8 Å². The number of aryl methyl sites for hydroxylation is 2. The first-order chi connectivity index (χ1) is 8.90. The van der Waals surface area contributed by atoms with Gasteiger partial charge in [-0.2, -0.15) is 0 Å². The largest absolute Gasteiger partial charge is 0.477 e. The molecule has 2 heterocycles. The van der Waals surface area contributed by atoms with Crippen molar-refractivity contribution in [2.24, 2.45) is 0 Å². The van der Waals surface area contributed by atoms with Crippen molar-refractivity contribution < 1.29 is 14.4 Å². The number of carbonyl (C=O) groups is 1. The van der Waals surface area contributed by atoms with E-state index in [1.807, 2.05) is 4.98 Å². The molecule has 0 amide bonds. The van der Waals surface area contributed by atoms with Gasteiger partial charge in [0.05, 0.1) is 12.2 Å². The summed E-state index contributed by atoms with van der Waals surface area (Å²) in [6, 6.07) is 0. The van der Waals surface area contributed by atoms with Crippen LogP contribution in [0, 0.1) is 13.8 Å². The van der Waals surface area contributed by atoms with E-state index in [2.05, 4.69) is 5.16 Å². The lowest BCUT2D eigenvalue weighted by atomic mass is 10.2. The van der Waals surface area contributed by atoms with Crippen LogP contribution in [0.5, 0.6) is 0 Å². The average Bonchev–Trinajstić information content (AvgIpc) is 2.63. The second-order valence-electron chi connectivity index (χ2n) is 4.04. The highest BCUT2D eigenvalue weighted by molar-refractivity contribution is 5.86. The highest BCUT2D eigenvalue weighted by Crippen LogP contribution is 2.12. The number of carboxylic acid groups (broad SMARTS) is 1. The Morgan fingerprint density at radius 2 is 2.16 bits per heavy atom. The summed E-state index contributed by atoms with van der Waals surface area (Å²) >= 11 is 0. The quantitative estimate of drug-likeness (QED) is 0.799. The zero-order valence-corrected chi connectivity index (χ0v) is 10.3. The van der Waals surface area contributed by atoms with Gasteiger partial charge in [-0.25, -0.2) is 9.59 Å². The second-order valence-corrected chi connectivity index (χ2v) is 4.04. The molecule has 0 bridgehead atoms. The summed E-state index contributed by atoms with van der Waals surface area (Å²) in [5, 5.41) is 12.6. The second kappa shape index (κ2) is 4.56. The molecule has 0 spiro atoms. The SMILES string of the molecule is Cc1noc(C)c1Cn1cc(C(=O)O)c(=O)[nH]c1=O. The van der Waals surface area contributed by atoms with E-state index in [1.54, 1.807) is 13.8 Å². The minimum absolute atomic E-state index is 0.0804. The minimum atomic E-state index is -1.39. The smallest absolute Gasteiger partial charge is 0.342 e. The number of nitrogens with zero attached hydrogens (tertiary/aromatic N) is 2. The molecule has 0 aromatic carbocycles. The summed E-state index contributed by atoms with van der Waals surface area (Å²) in [5.41, 5.74) is -0.827. The standard InChI is InChI=1S/C11H11N3O5/c1-5-7(6(2)19-13-5)3-14-4-8(10(16)17)9(15)12-11(14)18/h4H,3H2,1-2H3,(H,16,17)(H,12,15,18). The molecule has 0 saturated heterocycles. The molecule has 100 valence electrons. The third kappa shape index (κ3) is 2.32. The fraction of sp³-hybridized carbons (Fsp3) is 0.273. The summed E-state index contributed by atoms with van der Waals surface area (Å²) in [5.74, 6) is -0.860. The van der Waals surface area contributed by atoms with E-state index in [0.717, 1.165) is 10.8 Å². The zero-order chi connectivity index (χ0) is 14.2. The number of carboxylic acids is 1. The molecule has 0 aliphatic rings. The van der Waals surface area contributed by atoms with Gasteiger partial charge in [0.15, 0.2) is 0 Å². The highest BCUT2D eigenvalue weighted by atomic mass is 16.5. The molecule has 0 saturated carbocycles.